The average molecular weight is 209 g/mol. The van der Waals surface area contributed by atoms with Gasteiger partial charge in [0.1, 0.15) is 18.0 Å². The number of rotatable bonds is 5. The minimum absolute atomic E-state index is 0.0475. The summed E-state index contributed by atoms with van der Waals surface area (Å²) in [5.41, 5.74) is 5.49. The van der Waals surface area contributed by atoms with E-state index in [0.29, 0.717) is 6.54 Å². The minimum atomic E-state index is -0.0475. The number of hydrogen-bond donors (Lipinski definition) is 3. The van der Waals surface area contributed by atoms with Gasteiger partial charge in [0.15, 0.2) is 0 Å². The molecule has 1 heterocycles. The zero-order valence-corrected chi connectivity index (χ0v) is 9.54. The largest absolute Gasteiger partial charge is 0.373 e. The lowest BCUT2D eigenvalue weighted by Crippen LogP contribution is -2.33. The van der Waals surface area contributed by atoms with Gasteiger partial charge in [0.05, 0.1) is 0 Å². The highest BCUT2D eigenvalue weighted by molar-refractivity contribution is 5.47. The first kappa shape index (κ1) is 11.7. The molecule has 5 heteroatoms. The molecule has 1 aromatic rings. The second-order valence-electron chi connectivity index (χ2n) is 4.09. The Morgan fingerprint density at radius 2 is 2.00 bits per heavy atom. The molecule has 0 saturated heterocycles. The molecule has 0 atom stereocenters. The van der Waals surface area contributed by atoms with Gasteiger partial charge in [0.2, 0.25) is 0 Å². The van der Waals surface area contributed by atoms with E-state index in [2.05, 4.69) is 34.4 Å². The van der Waals surface area contributed by atoms with Crippen molar-refractivity contribution >= 4 is 11.6 Å². The SMILES string of the molecule is CNc1cc(NC(C)(C)CCN)ncn1. The summed E-state index contributed by atoms with van der Waals surface area (Å²) >= 11 is 0. The molecule has 0 aliphatic heterocycles. The van der Waals surface area contributed by atoms with Crippen molar-refractivity contribution in [2.75, 3.05) is 24.2 Å². The number of nitrogens with zero attached hydrogens (tertiary/aromatic N) is 2. The van der Waals surface area contributed by atoms with Gasteiger partial charge in [-0.2, -0.15) is 0 Å². The number of aromatic nitrogens is 2. The van der Waals surface area contributed by atoms with Crippen LogP contribution in [0, 0.1) is 0 Å². The molecule has 84 valence electrons. The predicted molar refractivity (Wildman–Crippen MR) is 63.0 cm³/mol. The van der Waals surface area contributed by atoms with Crippen LogP contribution in [-0.4, -0.2) is 29.1 Å². The topological polar surface area (TPSA) is 75.9 Å². The van der Waals surface area contributed by atoms with Crippen molar-refractivity contribution in [3.63, 3.8) is 0 Å². The van der Waals surface area contributed by atoms with Crippen molar-refractivity contribution < 1.29 is 0 Å². The number of hydrogen-bond acceptors (Lipinski definition) is 5. The fraction of sp³-hybridized carbons (Fsp3) is 0.600. The van der Waals surface area contributed by atoms with E-state index in [1.54, 1.807) is 0 Å². The van der Waals surface area contributed by atoms with Crippen LogP contribution in [0.5, 0.6) is 0 Å². The molecule has 0 spiro atoms. The third-order valence-electron chi connectivity index (χ3n) is 2.16. The molecule has 5 nitrogen and oxygen atoms in total. The molecule has 0 aromatic carbocycles. The monoisotopic (exact) mass is 209 g/mol. The summed E-state index contributed by atoms with van der Waals surface area (Å²) in [7, 11) is 1.83. The molecule has 4 N–H and O–H groups in total. The highest BCUT2D eigenvalue weighted by Gasteiger charge is 2.16. The lowest BCUT2D eigenvalue weighted by Gasteiger charge is -2.26. The van der Waals surface area contributed by atoms with Crippen LogP contribution in [0.1, 0.15) is 20.3 Å². The van der Waals surface area contributed by atoms with E-state index in [0.717, 1.165) is 18.1 Å². The number of nitrogens with one attached hydrogen (secondary N) is 2. The quantitative estimate of drug-likeness (QED) is 0.676. The zero-order valence-electron chi connectivity index (χ0n) is 9.54. The van der Waals surface area contributed by atoms with Crippen molar-refractivity contribution in [1.29, 1.82) is 0 Å². The molecule has 0 aliphatic carbocycles. The predicted octanol–water partition coefficient (Wildman–Crippen LogP) is 1.06. The zero-order chi connectivity index (χ0) is 11.3. The molecular formula is C10H19N5. The Balaban J connectivity index is 2.71. The number of nitrogens with two attached hydrogens (primary N) is 1. The fourth-order valence-corrected chi connectivity index (χ4v) is 1.33. The summed E-state index contributed by atoms with van der Waals surface area (Å²) in [6, 6.07) is 1.87. The van der Waals surface area contributed by atoms with Crippen molar-refractivity contribution in [3.8, 4) is 0 Å². The Morgan fingerprint density at radius 3 is 2.60 bits per heavy atom. The Hall–Kier alpha value is -1.36. The molecule has 0 amide bonds. The normalized spacial score (nSPS) is 11.2. The van der Waals surface area contributed by atoms with Gasteiger partial charge in [0, 0.05) is 18.7 Å². The first-order chi connectivity index (χ1) is 7.07. The van der Waals surface area contributed by atoms with E-state index in [1.165, 1.54) is 6.33 Å². The number of anilines is 2. The third-order valence-corrected chi connectivity index (χ3v) is 2.16. The second kappa shape index (κ2) is 4.93. The van der Waals surface area contributed by atoms with Crippen molar-refractivity contribution in [2.24, 2.45) is 5.73 Å². The molecular weight excluding hydrogens is 190 g/mol. The molecule has 0 aliphatic rings. The van der Waals surface area contributed by atoms with Crippen LogP contribution in [0.15, 0.2) is 12.4 Å². The standard InChI is InChI=1S/C10H19N5/c1-10(2,4-5-11)15-9-6-8(12-3)13-7-14-9/h6-7H,4-5,11H2,1-3H3,(H2,12,13,14,15). The first-order valence-electron chi connectivity index (χ1n) is 5.05. The van der Waals surface area contributed by atoms with Gasteiger partial charge in [-0.1, -0.05) is 0 Å². The highest BCUT2D eigenvalue weighted by Crippen LogP contribution is 2.16. The molecule has 0 radical (unpaired) electrons. The lowest BCUT2D eigenvalue weighted by molar-refractivity contribution is 0.524. The average Bonchev–Trinajstić information content (AvgIpc) is 2.17. The van der Waals surface area contributed by atoms with Gasteiger partial charge in [-0.15, -0.1) is 0 Å². The minimum Gasteiger partial charge on any atom is -0.373 e. The summed E-state index contributed by atoms with van der Waals surface area (Å²) in [6.07, 6.45) is 2.43. The van der Waals surface area contributed by atoms with Crippen molar-refractivity contribution in [3.05, 3.63) is 12.4 Å². The fourth-order valence-electron chi connectivity index (χ4n) is 1.33. The van der Waals surface area contributed by atoms with E-state index in [-0.39, 0.29) is 5.54 Å². The molecule has 0 saturated carbocycles. The van der Waals surface area contributed by atoms with Gasteiger partial charge in [0.25, 0.3) is 0 Å². The van der Waals surface area contributed by atoms with Crippen LogP contribution in [0.2, 0.25) is 0 Å². The van der Waals surface area contributed by atoms with E-state index in [4.69, 9.17) is 5.73 Å². The molecule has 1 rings (SSSR count). The Labute approximate surface area is 90.5 Å². The van der Waals surface area contributed by atoms with Gasteiger partial charge in [-0.05, 0) is 26.8 Å². The van der Waals surface area contributed by atoms with Crippen molar-refractivity contribution in [1.82, 2.24) is 9.97 Å². The first-order valence-corrected chi connectivity index (χ1v) is 5.05. The van der Waals surface area contributed by atoms with Crippen molar-refractivity contribution in [2.45, 2.75) is 25.8 Å². The molecule has 0 bridgehead atoms. The Morgan fingerprint density at radius 1 is 1.33 bits per heavy atom. The van der Waals surface area contributed by atoms with E-state index < -0.39 is 0 Å². The molecule has 15 heavy (non-hydrogen) atoms. The lowest BCUT2D eigenvalue weighted by atomic mass is 10.0. The summed E-state index contributed by atoms with van der Waals surface area (Å²) in [6.45, 7) is 4.85. The van der Waals surface area contributed by atoms with Crippen LogP contribution < -0.4 is 16.4 Å². The van der Waals surface area contributed by atoms with Gasteiger partial charge < -0.3 is 16.4 Å². The maximum Gasteiger partial charge on any atom is 0.131 e. The van der Waals surface area contributed by atoms with E-state index >= 15 is 0 Å². The van der Waals surface area contributed by atoms with Crippen LogP contribution in [0.3, 0.4) is 0 Å². The summed E-state index contributed by atoms with van der Waals surface area (Å²) < 4.78 is 0. The second-order valence-corrected chi connectivity index (χ2v) is 4.09. The Kier molecular flexibility index (Phi) is 3.85. The third kappa shape index (κ3) is 3.71. The van der Waals surface area contributed by atoms with E-state index in [9.17, 15) is 0 Å². The molecule has 0 fully saturated rings. The Bertz CT molecular complexity index is 310. The van der Waals surface area contributed by atoms with Gasteiger partial charge in [-0.3, -0.25) is 0 Å². The highest BCUT2D eigenvalue weighted by atomic mass is 15.1. The molecule has 0 unspecified atom stereocenters. The summed E-state index contributed by atoms with van der Waals surface area (Å²) in [5, 5.41) is 6.29. The van der Waals surface area contributed by atoms with Crippen LogP contribution in [-0.2, 0) is 0 Å². The van der Waals surface area contributed by atoms with Crippen LogP contribution >= 0.6 is 0 Å². The molecule has 1 aromatic heterocycles. The van der Waals surface area contributed by atoms with Gasteiger partial charge in [-0.25, -0.2) is 9.97 Å². The van der Waals surface area contributed by atoms with Crippen LogP contribution in [0.25, 0.3) is 0 Å². The van der Waals surface area contributed by atoms with Gasteiger partial charge >= 0.3 is 0 Å². The smallest absolute Gasteiger partial charge is 0.131 e. The maximum atomic E-state index is 5.54. The summed E-state index contributed by atoms with van der Waals surface area (Å²) in [5.74, 6) is 1.61. The maximum absolute atomic E-state index is 5.54. The van der Waals surface area contributed by atoms with E-state index in [1.807, 2.05) is 13.1 Å². The summed E-state index contributed by atoms with van der Waals surface area (Å²) in [4.78, 5) is 8.20. The van der Waals surface area contributed by atoms with Crippen LogP contribution in [0.4, 0.5) is 11.6 Å².